The summed E-state index contributed by atoms with van der Waals surface area (Å²) >= 11 is 0. The van der Waals surface area contributed by atoms with Crippen LogP contribution in [0.25, 0.3) is 0 Å². The van der Waals surface area contributed by atoms with E-state index in [1.165, 1.54) is 51.4 Å². The van der Waals surface area contributed by atoms with E-state index in [2.05, 4.69) is 18.7 Å². The first-order chi connectivity index (χ1) is 8.63. The highest BCUT2D eigenvalue weighted by Gasteiger charge is 2.42. The van der Waals surface area contributed by atoms with E-state index in [0.29, 0.717) is 6.04 Å². The molecule has 0 radical (unpaired) electrons. The van der Waals surface area contributed by atoms with E-state index < -0.39 is 0 Å². The second-order valence-electron chi connectivity index (χ2n) is 7.49. The van der Waals surface area contributed by atoms with Gasteiger partial charge in [0.2, 0.25) is 0 Å². The third-order valence-electron chi connectivity index (χ3n) is 5.64. The van der Waals surface area contributed by atoms with Gasteiger partial charge in [-0.3, -0.25) is 4.90 Å². The van der Waals surface area contributed by atoms with E-state index in [4.69, 9.17) is 5.73 Å². The van der Waals surface area contributed by atoms with Gasteiger partial charge in [0.25, 0.3) is 0 Å². The molecule has 2 heterocycles. The zero-order chi connectivity index (χ0) is 12.7. The molecule has 0 aromatic heterocycles. The van der Waals surface area contributed by atoms with E-state index in [-0.39, 0.29) is 0 Å². The molecule has 2 N–H and O–H groups in total. The smallest absolute Gasteiger partial charge is 0.0116 e. The first-order valence-corrected chi connectivity index (χ1v) is 8.16. The minimum atomic E-state index is 0.481. The number of nitrogens with two attached hydrogens (primary N) is 1. The number of rotatable bonds is 1. The van der Waals surface area contributed by atoms with Crippen molar-refractivity contribution in [2.24, 2.45) is 17.6 Å². The lowest BCUT2D eigenvalue weighted by molar-refractivity contribution is -0.0305. The van der Waals surface area contributed by atoms with Gasteiger partial charge in [-0.2, -0.15) is 0 Å². The standard InChI is InChI=1S/C16H30N2/c1-11-6-12(2)8-16(7-11)18-14-4-3-5-15(18)10-13(17)9-14/h11-16H,3-10,17H2,1-2H3. The molecule has 2 aliphatic heterocycles. The average Bonchev–Trinajstić information content (AvgIpc) is 2.26. The molecule has 3 aliphatic rings. The number of piperidine rings is 2. The number of hydrogen-bond acceptors (Lipinski definition) is 2. The molecule has 0 spiro atoms. The molecule has 18 heavy (non-hydrogen) atoms. The summed E-state index contributed by atoms with van der Waals surface area (Å²) < 4.78 is 0. The van der Waals surface area contributed by atoms with Gasteiger partial charge in [-0.15, -0.1) is 0 Å². The lowest BCUT2D eigenvalue weighted by atomic mass is 9.75. The van der Waals surface area contributed by atoms with Crippen LogP contribution in [0.15, 0.2) is 0 Å². The summed E-state index contributed by atoms with van der Waals surface area (Å²) in [5.41, 5.74) is 6.24. The summed E-state index contributed by atoms with van der Waals surface area (Å²) in [5, 5.41) is 0. The van der Waals surface area contributed by atoms with Crippen LogP contribution in [-0.2, 0) is 0 Å². The van der Waals surface area contributed by atoms with Crippen molar-refractivity contribution >= 4 is 0 Å². The van der Waals surface area contributed by atoms with Gasteiger partial charge in [0, 0.05) is 24.2 Å². The fraction of sp³-hybridized carbons (Fsp3) is 1.00. The van der Waals surface area contributed by atoms with Gasteiger partial charge in [-0.1, -0.05) is 20.3 Å². The van der Waals surface area contributed by atoms with E-state index in [1.54, 1.807) is 0 Å². The van der Waals surface area contributed by atoms with Gasteiger partial charge in [-0.25, -0.2) is 0 Å². The van der Waals surface area contributed by atoms with Crippen molar-refractivity contribution in [1.29, 1.82) is 0 Å². The van der Waals surface area contributed by atoms with Crippen LogP contribution in [-0.4, -0.2) is 29.1 Å². The molecule has 0 aromatic rings. The van der Waals surface area contributed by atoms with Crippen molar-refractivity contribution in [2.45, 2.75) is 89.4 Å². The molecule has 2 nitrogen and oxygen atoms in total. The summed E-state index contributed by atoms with van der Waals surface area (Å²) in [6.45, 7) is 4.91. The van der Waals surface area contributed by atoms with Crippen molar-refractivity contribution in [3.05, 3.63) is 0 Å². The Hall–Kier alpha value is -0.0800. The van der Waals surface area contributed by atoms with Gasteiger partial charge in [-0.05, 0) is 56.8 Å². The Morgan fingerprint density at radius 1 is 0.778 bits per heavy atom. The lowest BCUT2D eigenvalue weighted by Crippen LogP contribution is -2.59. The maximum atomic E-state index is 6.24. The average molecular weight is 250 g/mol. The minimum Gasteiger partial charge on any atom is -0.328 e. The Labute approximate surface area is 112 Å². The molecule has 4 atom stereocenters. The highest BCUT2D eigenvalue weighted by atomic mass is 15.2. The summed E-state index contributed by atoms with van der Waals surface area (Å²) in [7, 11) is 0. The highest BCUT2D eigenvalue weighted by molar-refractivity contribution is 4.98. The quantitative estimate of drug-likeness (QED) is 0.774. The molecule has 0 amide bonds. The van der Waals surface area contributed by atoms with Crippen LogP contribution in [0.3, 0.4) is 0 Å². The number of nitrogens with zero attached hydrogens (tertiary/aromatic N) is 1. The molecular weight excluding hydrogens is 220 g/mol. The summed E-state index contributed by atoms with van der Waals surface area (Å²) in [4.78, 5) is 2.93. The first kappa shape index (κ1) is 12.9. The van der Waals surface area contributed by atoms with Crippen LogP contribution < -0.4 is 5.73 Å². The van der Waals surface area contributed by atoms with Crippen LogP contribution in [0.1, 0.15) is 65.2 Å². The van der Waals surface area contributed by atoms with Gasteiger partial charge >= 0.3 is 0 Å². The molecule has 3 fully saturated rings. The van der Waals surface area contributed by atoms with Crippen LogP contribution in [0.4, 0.5) is 0 Å². The van der Waals surface area contributed by atoms with Gasteiger partial charge in [0.15, 0.2) is 0 Å². The zero-order valence-electron chi connectivity index (χ0n) is 12.1. The van der Waals surface area contributed by atoms with Crippen LogP contribution >= 0.6 is 0 Å². The van der Waals surface area contributed by atoms with E-state index in [0.717, 1.165) is 30.0 Å². The largest absolute Gasteiger partial charge is 0.328 e. The highest BCUT2D eigenvalue weighted by Crippen LogP contribution is 2.40. The second kappa shape index (κ2) is 5.13. The van der Waals surface area contributed by atoms with Gasteiger partial charge in [0.05, 0.1) is 0 Å². The Morgan fingerprint density at radius 2 is 1.33 bits per heavy atom. The molecule has 2 saturated heterocycles. The Morgan fingerprint density at radius 3 is 1.89 bits per heavy atom. The molecule has 0 aromatic carbocycles. The second-order valence-corrected chi connectivity index (χ2v) is 7.49. The van der Waals surface area contributed by atoms with Crippen LogP contribution in [0.5, 0.6) is 0 Å². The number of fused-ring (bicyclic) bond motifs is 2. The summed E-state index contributed by atoms with van der Waals surface area (Å²) in [6.07, 6.45) is 11.1. The SMILES string of the molecule is CC1CC(C)CC(N2C3CCCC2CC(N)C3)C1. The molecular formula is C16H30N2. The van der Waals surface area contributed by atoms with Crippen molar-refractivity contribution in [1.82, 2.24) is 4.90 Å². The third kappa shape index (κ3) is 2.46. The Kier molecular flexibility index (Phi) is 3.68. The predicted molar refractivity (Wildman–Crippen MR) is 76.4 cm³/mol. The topological polar surface area (TPSA) is 29.3 Å². The molecule has 3 rings (SSSR count). The molecule has 1 aliphatic carbocycles. The van der Waals surface area contributed by atoms with E-state index in [1.807, 2.05) is 0 Å². The van der Waals surface area contributed by atoms with E-state index in [9.17, 15) is 0 Å². The first-order valence-electron chi connectivity index (χ1n) is 8.16. The monoisotopic (exact) mass is 250 g/mol. The molecule has 1 saturated carbocycles. The van der Waals surface area contributed by atoms with Crippen LogP contribution in [0.2, 0.25) is 0 Å². The summed E-state index contributed by atoms with van der Waals surface area (Å²) in [5.74, 6) is 1.85. The van der Waals surface area contributed by atoms with Crippen LogP contribution in [0, 0.1) is 11.8 Å². The number of hydrogen-bond donors (Lipinski definition) is 1. The Balaban J connectivity index is 1.74. The lowest BCUT2D eigenvalue weighted by Gasteiger charge is -2.53. The summed E-state index contributed by atoms with van der Waals surface area (Å²) in [6, 6.07) is 2.98. The normalized spacial score (nSPS) is 50.2. The van der Waals surface area contributed by atoms with Gasteiger partial charge in [0.1, 0.15) is 0 Å². The fourth-order valence-electron chi connectivity index (χ4n) is 5.20. The Bertz CT molecular complexity index is 267. The maximum absolute atomic E-state index is 6.24. The molecule has 4 unspecified atom stereocenters. The fourth-order valence-corrected chi connectivity index (χ4v) is 5.20. The maximum Gasteiger partial charge on any atom is 0.0116 e. The van der Waals surface area contributed by atoms with Crippen molar-refractivity contribution in [2.75, 3.05) is 0 Å². The van der Waals surface area contributed by atoms with Crippen molar-refractivity contribution < 1.29 is 0 Å². The van der Waals surface area contributed by atoms with Crippen molar-refractivity contribution in [3.8, 4) is 0 Å². The van der Waals surface area contributed by atoms with E-state index >= 15 is 0 Å². The predicted octanol–water partition coefficient (Wildman–Crippen LogP) is 3.16. The minimum absolute atomic E-state index is 0.481. The van der Waals surface area contributed by atoms with Crippen molar-refractivity contribution in [3.63, 3.8) is 0 Å². The van der Waals surface area contributed by atoms with Gasteiger partial charge < -0.3 is 5.73 Å². The molecule has 104 valence electrons. The zero-order valence-corrected chi connectivity index (χ0v) is 12.1. The molecule has 2 heteroatoms. The molecule has 2 bridgehead atoms. The third-order valence-corrected chi connectivity index (χ3v) is 5.64.